The SMILES string of the molecule is CC(C)NC(=O)CCCC(=O)Nc1ccc(CC(=O)O)cc1. The molecule has 6 heteroatoms. The second kappa shape index (κ2) is 8.81. The van der Waals surface area contributed by atoms with Crippen LogP contribution in [0.4, 0.5) is 5.69 Å². The Kier molecular flexibility index (Phi) is 7.08. The van der Waals surface area contributed by atoms with Gasteiger partial charge in [0.1, 0.15) is 0 Å². The fraction of sp³-hybridized carbons (Fsp3) is 0.438. The van der Waals surface area contributed by atoms with Gasteiger partial charge in [-0.15, -0.1) is 0 Å². The Balaban J connectivity index is 2.33. The molecule has 0 fully saturated rings. The van der Waals surface area contributed by atoms with E-state index in [4.69, 9.17) is 5.11 Å². The molecule has 1 aromatic carbocycles. The van der Waals surface area contributed by atoms with E-state index in [0.29, 0.717) is 24.1 Å². The molecule has 0 saturated heterocycles. The van der Waals surface area contributed by atoms with Gasteiger partial charge < -0.3 is 15.7 Å². The van der Waals surface area contributed by atoms with E-state index in [9.17, 15) is 14.4 Å². The first-order valence-electron chi connectivity index (χ1n) is 7.26. The van der Waals surface area contributed by atoms with Crippen molar-refractivity contribution in [1.29, 1.82) is 0 Å². The van der Waals surface area contributed by atoms with E-state index >= 15 is 0 Å². The average Bonchev–Trinajstić information content (AvgIpc) is 2.39. The van der Waals surface area contributed by atoms with Crippen LogP contribution in [-0.4, -0.2) is 28.9 Å². The number of amides is 2. The van der Waals surface area contributed by atoms with E-state index in [1.54, 1.807) is 24.3 Å². The van der Waals surface area contributed by atoms with Gasteiger partial charge in [0.05, 0.1) is 6.42 Å². The fourth-order valence-corrected chi connectivity index (χ4v) is 1.91. The quantitative estimate of drug-likeness (QED) is 0.684. The number of hydrogen-bond donors (Lipinski definition) is 3. The number of carboxylic acid groups (broad SMARTS) is 1. The smallest absolute Gasteiger partial charge is 0.307 e. The first-order valence-corrected chi connectivity index (χ1v) is 7.26. The lowest BCUT2D eigenvalue weighted by Gasteiger charge is -2.08. The van der Waals surface area contributed by atoms with Gasteiger partial charge in [-0.25, -0.2) is 0 Å². The van der Waals surface area contributed by atoms with Crippen LogP contribution in [0, 0.1) is 0 Å². The summed E-state index contributed by atoms with van der Waals surface area (Å²) in [5, 5.41) is 14.2. The van der Waals surface area contributed by atoms with Crippen molar-refractivity contribution in [2.45, 2.75) is 45.6 Å². The number of carbonyl (C=O) groups excluding carboxylic acids is 2. The molecule has 0 aliphatic carbocycles. The van der Waals surface area contributed by atoms with Crippen molar-refractivity contribution < 1.29 is 19.5 Å². The Bertz CT molecular complexity index is 523. The topological polar surface area (TPSA) is 95.5 Å². The lowest BCUT2D eigenvalue weighted by molar-refractivity contribution is -0.136. The summed E-state index contributed by atoms with van der Waals surface area (Å²) in [6, 6.07) is 6.77. The first-order chi connectivity index (χ1) is 10.4. The van der Waals surface area contributed by atoms with E-state index in [2.05, 4.69) is 10.6 Å². The number of rotatable bonds is 8. The van der Waals surface area contributed by atoms with Gasteiger partial charge in [0.2, 0.25) is 11.8 Å². The predicted molar refractivity (Wildman–Crippen MR) is 83.5 cm³/mol. The van der Waals surface area contributed by atoms with Crippen LogP contribution in [0.5, 0.6) is 0 Å². The van der Waals surface area contributed by atoms with Crippen molar-refractivity contribution >= 4 is 23.5 Å². The Morgan fingerprint density at radius 3 is 2.18 bits per heavy atom. The maximum absolute atomic E-state index is 11.7. The number of anilines is 1. The minimum Gasteiger partial charge on any atom is -0.481 e. The van der Waals surface area contributed by atoms with E-state index in [0.717, 1.165) is 0 Å². The minimum absolute atomic E-state index is 0.0425. The first kappa shape index (κ1) is 17.7. The average molecular weight is 306 g/mol. The highest BCUT2D eigenvalue weighted by molar-refractivity contribution is 5.91. The molecule has 0 bridgehead atoms. The molecule has 0 aliphatic rings. The standard InChI is InChI=1S/C16H22N2O4/c1-11(2)17-14(19)4-3-5-15(20)18-13-8-6-12(7-9-13)10-16(21)22/h6-9,11H,3-5,10H2,1-2H3,(H,17,19)(H,18,20)(H,21,22). The zero-order chi connectivity index (χ0) is 16.5. The zero-order valence-corrected chi connectivity index (χ0v) is 12.9. The van der Waals surface area contributed by atoms with Crippen LogP contribution in [0.3, 0.4) is 0 Å². The monoisotopic (exact) mass is 306 g/mol. The van der Waals surface area contributed by atoms with Crippen molar-refractivity contribution in [3.8, 4) is 0 Å². The summed E-state index contributed by atoms with van der Waals surface area (Å²) in [4.78, 5) is 33.7. The summed E-state index contributed by atoms with van der Waals surface area (Å²) >= 11 is 0. The number of aliphatic carboxylic acids is 1. The van der Waals surface area contributed by atoms with Crippen molar-refractivity contribution in [3.05, 3.63) is 29.8 Å². The maximum atomic E-state index is 11.7. The van der Waals surface area contributed by atoms with Crippen LogP contribution >= 0.6 is 0 Å². The van der Waals surface area contributed by atoms with E-state index in [1.807, 2.05) is 13.8 Å². The number of carbonyl (C=O) groups is 3. The highest BCUT2D eigenvalue weighted by atomic mass is 16.4. The van der Waals surface area contributed by atoms with Crippen LogP contribution in [0.1, 0.15) is 38.7 Å². The van der Waals surface area contributed by atoms with Crippen LogP contribution in [0.25, 0.3) is 0 Å². The molecule has 0 spiro atoms. The molecule has 0 radical (unpaired) electrons. The molecule has 0 aliphatic heterocycles. The summed E-state index contributed by atoms with van der Waals surface area (Å²) in [7, 11) is 0. The largest absolute Gasteiger partial charge is 0.481 e. The van der Waals surface area contributed by atoms with Gasteiger partial charge >= 0.3 is 5.97 Å². The van der Waals surface area contributed by atoms with Crippen molar-refractivity contribution in [2.75, 3.05) is 5.32 Å². The van der Waals surface area contributed by atoms with Gasteiger partial charge in [-0.05, 0) is 38.0 Å². The maximum Gasteiger partial charge on any atom is 0.307 e. The molecular formula is C16H22N2O4. The summed E-state index contributed by atoms with van der Waals surface area (Å²) in [6.45, 7) is 3.78. The van der Waals surface area contributed by atoms with E-state index < -0.39 is 5.97 Å². The number of carboxylic acids is 1. The molecule has 1 aromatic rings. The van der Waals surface area contributed by atoms with Crippen molar-refractivity contribution in [1.82, 2.24) is 5.32 Å². The van der Waals surface area contributed by atoms with E-state index in [1.165, 1.54) is 0 Å². The fourth-order valence-electron chi connectivity index (χ4n) is 1.91. The number of benzene rings is 1. The Morgan fingerprint density at radius 1 is 1.05 bits per heavy atom. The lowest BCUT2D eigenvalue weighted by Crippen LogP contribution is -2.30. The van der Waals surface area contributed by atoms with Crippen molar-refractivity contribution in [3.63, 3.8) is 0 Å². The molecule has 0 saturated carbocycles. The summed E-state index contributed by atoms with van der Waals surface area (Å²) in [5.74, 6) is -1.11. The zero-order valence-electron chi connectivity index (χ0n) is 12.9. The minimum atomic E-state index is -0.892. The molecule has 0 heterocycles. The van der Waals surface area contributed by atoms with Crippen LogP contribution in [-0.2, 0) is 20.8 Å². The molecule has 0 aromatic heterocycles. The highest BCUT2D eigenvalue weighted by Gasteiger charge is 2.07. The third kappa shape index (κ3) is 7.42. The molecule has 2 amide bonds. The van der Waals surface area contributed by atoms with E-state index in [-0.39, 0.29) is 30.7 Å². The Labute approximate surface area is 129 Å². The Morgan fingerprint density at radius 2 is 1.64 bits per heavy atom. The molecule has 0 unspecified atom stereocenters. The van der Waals surface area contributed by atoms with Crippen LogP contribution in [0.2, 0.25) is 0 Å². The van der Waals surface area contributed by atoms with Crippen LogP contribution < -0.4 is 10.6 Å². The predicted octanol–water partition coefficient (Wildman–Crippen LogP) is 1.95. The second-order valence-electron chi connectivity index (χ2n) is 5.39. The molecule has 0 atom stereocenters. The molecule has 1 rings (SSSR count). The number of nitrogens with one attached hydrogen (secondary N) is 2. The summed E-state index contributed by atoms with van der Waals surface area (Å²) in [6.07, 6.45) is 1.03. The lowest BCUT2D eigenvalue weighted by atomic mass is 10.1. The third-order valence-corrected chi connectivity index (χ3v) is 2.85. The van der Waals surface area contributed by atoms with Crippen LogP contribution in [0.15, 0.2) is 24.3 Å². The molecular weight excluding hydrogens is 284 g/mol. The second-order valence-corrected chi connectivity index (χ2v) is 5.39. The molecule has 120 valence electrons. The van der Waals surface area contributed by atoms with Gasteiger partial charge in [0, 0.05) is 24.6 Å². The normalized spacial score (nSPS) is 10.3. The van der Waals surface area contributed by atoms with Gasteiger partial charge in [0.15, 0.2) is 0 Å². The van der Waals surface area contributed by atoms with Gasteiger partial charge in [-0.2, -0.15) is 0 Å². The molecule has 6 nitrogen and oxygen atoms in total. The van der Waals surface area contributed by atoms with Gasteiger partial charge in [-0.1, -0.05) is 12.1 Å². The molecule has 3 N–H and O–H groups in total. The van der Waals surface area contributed by atoms with Crippen molar-refractivity contribution in [2.24, 2.45) is 0 Å². The number of hydrogen-bond acceptors (Lipinski definition) is 3. The summed E-state index contributed by atoms with van der Waals surface area (Å²) in [5.41, 5.74) is 1.29. The highest BCUT2D eigenvalue weighted by Crippen LogP contribution is 2.11. The molecule has 22 heavy (non-hydrogen) atoms. The third-order valence-electron chi connectivity index (χ3n) is 2.85. The van der Waals surface area contributed by atoms with Gasteiger partial charge in [0.25, 0.3) is 0 Å². The Hall–Kier alpha value is -2.37. The summed E-state index contributed by atoms with van der Waals surface area (Å²) < 4.78 is 0. The van der Waals surface area contributed by atoms with Gasteiger partial charge in [-0.3, -0.25) is 14.4 Å².